The van der Waals surface area contributed by atoms with E-state index in [0.29, 0.717) is 6.42 Å². The summed E-state index contributed by atoms with van der Waals surface area (Å²) in [5, 5.41) is 18.0. The van der Waals surface area contributed by atoms with Crippen molar-refractivity contribution in [1.29, 1.82) is 0 Å². The second kappa shape index (κ2) is 3.22. The van der Waals surface area contributed by atoms with E-state index in [1.807, 2.05) is 6.92 Å². The number of carboxylic acids is 1. The van der Waals surface area contributed by atoms with Gasteiger partial charge < -0.3 is 10.2 Å². The Morgan fingerprint density at radius 3 is 2.55 bits per heavy atom. The second-order valence-electron chi connectivity index (χ2n) is 3.18. The number of rotatable bonds is 2. The Hall–Kier alpha value is -0.570. The molecule has 1 saturated carbocycles. The van der Waals surface area contributed by atoms with Gasteiger partial charge in [-0.3, -0.25) is 4.79 Å². The van der Waals surface area contributed by atoms with Gasteiger partial charge in [-0.1, -0.05) is 13.3 Å². The molecule has 3 atom stereocenters. The van der Waals surface area contributed by atoms with Crippen LogP contribution in [-0.4, -0.2) is 22.3 Å². The first-order valence-corrected chi connectivity index (χ1v) is 4.07. The second-order valence-corrected chi connectivity index (χ2v) is 3.18. The lowest BCUT2D eigenvalue weighted by Crippen LogP contribution is -2.27. The molecular formula is C8H14O3. The van der Waals surface area contributed by atoms with Gasteiger partial charge in [0.25, 0.3) is 0 Å². The van der Waals surface area contributed by atoms with Crippen molar-refractivity contribution >= 4 is 5.97 Å². The van der Waals surface area contributed by atoms with Crippen LogP contribution in [0.3, 0.4) is 0 Å². The molecule has 0 heterocycles. The van der Waals surface area contributed by atoms with Crippen LogP contribution in [0.15, 0.2) is 0 Å². The van der Waals surface area contributed by atoms with Gasteiger partial charge in [0.15, 0.2) is 0 Å². The van der Waals surface area contributed by atoms with Crippen molar-refractivity contribution in [1.82, 2.24) is 0 Å². The van der Waals surface area contributed by atoms with Gasteiger partial charge >= 0.3 is 5.97 Å². The summed E-state index contributed by atoms with van der Waals surface area (Å²) in [6.45, 7) is 1.97. The number of carboxylic acid groups (broad SMARTS) is 1. The molecule has 11 heavy (non-hydrogen) atoms. The minimum Gasteiger partial charge on any atom is -0.481 e. The van der Waals surface area contributed by atoms with Gasteiger partial charge in [0.1, 0.15) is 0 Å². The van der Waals surface area contributed by atoms with E-state index in [9.17, 15) is 9.90 Å². The molecule has 3 unspecified atom stereocenters. The highest BCUT2D eigenvalue weighted by atomic mass is 16.4. The average Bonchev–Trinajstić information content (AvgIpc) is 2.30. The van der Waals surface area contributed by atoms with Crippen LogP contribution >= 0.6 is 0 Å². The summed E-state index contributed by atoms with van der Waals surface area (Å²) in [5.41, 5.74) is 0. The molecule has 1 rings (SSSR count). The predicted molar refractivity (Wildman–Crippen MR) is 40.1 cm³/mol. The fourth-order valence-corrected chi connectivity index (χ4v) is 1.88. The van der Waals surface area contributed by atoms with Crippen LogP contribution in [0.25, 0.3) is 0 Å². The SMILES string of the molecule is CCC1CCC(O)C1C(=O)O. The summed E-state index contributed by atoms with van der Waals surface area (Å²) >= 11 is 0. The van der Waals surface area contributed by atoms with Crippen LogP contribution in [0.1, 0.15) is 26.2 Å². The molecule has 0 amide bonds. The number of aliphatic hydroxyl groups excluding tert-OH is 1. The molecule has 0 radical (unpaired) electrons. The summed E-state index contributed by atoms with van der Waals surface area (Å²) in [7, 11) is 0. The fraction of sp³-hybridized carbons (Fsp3) is 0.875. The van der Waals surface area contributed by atoms with Crippen LogP contribution in [0.4, 0.5) is 0 Å². The molecule has 0 bridgehead atoms. The van der Waals surface area contributed by atoms with E-state index in [0.717, 1.165) is 12.8 Å². The topological polar surface area (TPSA) is 57.5 Å². The molecule has 64 valence electrons. The lowest BCUT2D eigenvalue weighted by atomic mass is 9.93. The Balaban J connectivity index is 2.63. The maximum absolute atomic E-state index is 10.6. The van der Waals surface area contributed by atoms with Crippen molar-refractivity contribution in [2.45, 2.75) is 32.3 Å². The van der Waals surface area contributed by atoms with Crippen LogP contribution < -0.4 is 0 Å². The van der Waals surface area contributed by atoms with Gasteiger partial charge in [-0.05, 0) is 18.8 Å². The molecule has 0 aromatic rings. The number of hydrogen-bond acceptors (Lipinski definition) is 2. The van der Waals surface area contributed by atoms with E-state index in [4.69, 9.17) is 5.11 Å². The van der Waals surface area contributed by atoms with Gasteiger partial charge in [-0.15, -0.1) is 0 Å². The van der Waals surface area contributed by atoms with E-state index in [1.165, 1.54) is 0 Å². The Labute approximate surface area is 66.0 Å². The third-order valence-electron chi connectivity index (χ3n) is 2.57. The monoisotopic (exact) mass is 158 g/mol. The number of hydrogen-bond donors (Lipinski definition) is 2. The van der Waals surface area contributed by atoms with E-state index in [1.54, 1.807) is 0 Å². The van der Waals surface area contributed by atoms with Crippen molar-refractivity contribution in [2.24, 2.45) is 11.8 Å². The third kappa shape index (κ3) is 1.53. The van der Waals surface area contributed by atoms with Crippen molar-refractivity contribution in [2.75, 3.05) is 0 Å². The lowest BCUT2D eigenvalue weighted by molar-refractivity contribution is -0.146. The smallest absolute Gasteiger partial charge is 0.309 e. The molecule has 0 aliphatic heterocycles. The number of aliphatic hydroxyl groups is 1. The third-order valence-corrected chi connectivity index (χ3v) is 2.57. The van der Waals surface area contributed by atoms with Gasteiger partial charge in [0.2, 0.25) is 0 Å². The van der Waals surface area contributed by atoms with Crippen molar-refractivity contribution < 1.29 is 15.0 Å². The lowest BCUT2D eigenvalue weighted by Gasteiger charge is -2.15. The average molecular weight is 158 g/mol. The summed E-state index contributed by atoms with van der Waals surface area (Å²) in [6, 6.07) is 0. The Morgan fingerprint density at radius 1 is 1.55 bits per heavy atom. The summed E-state index contributed by atoms with van der Waals surface area (Å²) < 4.78 is 0. The summed E-state index contributed by atoms with van der Waals surface area (Å²) in [5.74, 6) is -1.18. The largest absolute Gasteiger partial charge is 0.481 e. The van der Waals surface area contributed by atoms with Crippen LogP contribution in [0.5, 0.6) is 0 Å². The Bertz CT molecular complexity index is 155. The van der Waals surface area contributed by atoms with Crippen molar-refractivity contribution in [3.63, 3.8) is 0 Å². The molecule has 0 saturated heterocycles. The van der Waals surface area contributed by atoms with Crippen LogP contribution in [0, 0.1) is 11.8 Å². The zero-order chi connectivity index (χ0) is 8.43. The number of aliphatic carboxylic acids is 1. The standard InChI is InChI=1S/C8H14O3/c1-2-5-3-4-6(9)7(5)8(10)11/h5-7,9H,2-4H2,1H3,(H,10,11). The molecule has 1 fully saturated rings. The van der Waals surface area contributed by atoms with E-state index in [-0.39, 0.29) is 5.92 Å². The highest BCUT2D eigenvalue weighted by Gasteiger charge is 2.38. The number of carbonyl (C=O) groups is 1. The van der Waals surface area contributed by atoms with Gasteiger partial charge in [-0.2, -0.15) is 0 Å². The first kappa shape index (κ1) is 8.53. The first-order valence-electron chi connectivity index (χ1n) is 4.07. The van der Waals surface area contributed by atoms with Crippen LogP contribution in [-0.2, 0) is 4.79 Å². The van der Waals surface area contributed by atoms with Gasteiger partial charge in [0, 0.05) is 0 Å². The molecule has 0 spiro atoms. The zero-order valence-corrected chi connectivity index (χ0v) is 6.66. The minimum atomic E-state index is -0.846. The Kier molecular flexibility index (Phi) is 2.49. The molecule has 3 heteroatoms. The highest BCUT2D eigenvalue weighted by molar-refractivity contribution is 5.71. The maximum atomic E-state index is 10.6. The Morgan fingerprint density at radius 2 is 2.18 bits per heavy atom. The highest BCUT2D eigenvalue weighted by Crippen LogP contribution is 2.34. The molecule has 3 nitrogen and oxygen atoms in total. The molecule has 1 aliphatic carbocycles. The summed E-state index contributed by atoms with van der Waals surface area (Å²) in [4.78, 5) is 10.6. The predicted octanol–water partition coefficient (Wildman–Crippen LogP) is 0.868. The molecule has 0 aromatic heterocycles. The van der Waals surface area contributed by atoms with E-state index < -0.39 is 18.0 Å². The molecule has 2 N–H and O–H groups in total. The zero-order valence-electron chi connectivity index (χ0n) is 6.66. The van der Waals surface area contributed by atoms with E-state index >= 15 is 0 Å². The van der Waals surface area contributed by atoms with Gasteiger partial charge in [-0.25, -0.2) is 0 Å². The summed E-state index contributed by atoms with van der Waals surface area (Å²) in [6.07, 6.45) is 1.75. The normalized spacial score (nSPS) is 37.5. The van der Waals surface area contributed by atoms with E-state index in [2.05, 4.69) is 0 Å². The maximum Gasteiger partial charge on any atom is 0.309 e. The first-order chi connectivity index (χ1) is 5.16. The quantitative estimate of drug-likeness (QED) is 0.627. The molecule has 1 aliphatic rings. The van der Waals surface area contributed by atoms with Crippen LogP contribution in [0.2, 0.25) is 0 Å². The fourth-order valence-electron chi connectivity index (χ4n) is 1.88. The van der Waals surface area contributed by atoms with Crippen molar-refractivity contribution in [3.8, 4) is 0 Å². The molecular weight excluding hydrogens is 144 g/mol. The van der Waals surface area contributed by atoms with Gasteiger partial charge in [0.05, 0.1) is 12.0 Å². The molecule has 0 aromatic carbocycles. The van der Waals surface area contributed by atoms with Crippen molar-refractivity contribution in [3.05, 3.63) is 0 Å². The minimum absolute atomic E-state index is 0.183.